The topological polar surface area (TPSA) is 109 Å². The number of ether oxygens (including phenoxy) is 1. The summed E-state index contributed by atoms with van der Waals surface area (Å²) in [4.78, 5) is 36.5. The summed E-state index contributed by atoms with van der Waals surface area (Å²) in [6, 6.07) is 14.4. The second-order valence-corrected chi connectivity index (χ2v) is 8.03. The molecule has 0 unspecified atom stereocenters. The Balaban J connectivity index is 1.62. The highest BCUT2D eigenvalue weighted by Crippen LogP contribution is 2.24. The minimum atomic E-state index is -0.640. The van der Waals surface area contributed by atoms with Crippen molar-refractivity contribution in [1.29, 1.82) is 0 Å². The van der Waals surface area contributed by atoms with Gasteiger partial charge >= 0.3 is 5.97 Å². The van der Waals surface area contributed by atoms with Gasteiger partial charge in [-0.1, -0.05) is 53.7 Å². The van der Waals surface area contributed by atoms with Crippen molar-refractivity contribution in [3.8, 4) is 0 Å². The van der Waals surface area contributed by atoms with Gasteiger partial charge in [-0.05, 0) is 31.5 Å². The highest BCUT2D eigenvalue weighted by Gasteiger charge is 2.32. The van der Waals surface area contributed by atoms with E-state index in [4.69, 9.17) is 4.74 Å². The van der Waals surface area contributed by atoms with Crippen molar-refractivity contribution in [2.24, 2.45) is 10.2 Å². The molecule has 1 fully saturated rings. The number of para-hydroxylation sites is 1. The molecule has 2 aromatic rings. The molecule has 8 nitrogen and oxygen atoms in total. The minimum Gasteiger partial charge on any atom is -0.465 e. The van der Waals surface area contributed by atoms with Crippen LogP contribution in [0.15, 0.2) is 58.7 Å². The fraction of sp³-hybridized carbons (Fsp3) is 0.227. The molecule has 0 bridgehead atoms. The maximum atomic E-state index is 12.4. The maximum absolute atomic E-state index is 12.4. The van der Waals surface area contributed by atoms with Crippen LogP contribution in [0.25, 0.3) is 0 Å². The number of aryl methyl sites for hydroxylation is 1. The first kappa shape index (κ1) is 22.2. The summed E-state index contributed by atoms with van der Waals surface area (Å²) in [5, 5.41) is 13.3. The molecular formula is C22H22N4O4S. The molecular weight excluding hydrogens is 416 g/mol. The number of nitrogens with zero attached hydrogens (tertiary/aromatic N) is 2. The molecule has 2 aromatic carbocycles. The first-order valence-corrected chi connectivity index (χ1v) is 10.4. The van der Waals surface area contributed by atoms with Crippen LogP contribution in [0.4, 0.5) is 5.69 Å². The number of thioether (sulfide) groups is 1. The molecule has 160 valence electrons. The van der Waals surface area contributed by atoms with Gasteiger partial charge in [0.05, 0.1) is 24.1 Å². The fourth-order valence-electron chi connectivity index (χ4n) is 2.81. The van der Waals surface area contributed by atoms with Crippen LogP contribution in [0, 0.1) is 6.92 Å². The van der Waals surface area contributed by atoms with Crippen molar-refractivity contribution in [3.63, 3.8) is 0 Å². The minimum absolute atomic E-state index is 0.0777. The van der Waals surface area contributed by atoms with Crippen molar-refractivity contribution in [2.75, 3.05) is 12.4 Å². The molecule has 31 heavy (non-hydrogen) atoms. The summed E-state index contributed by atoms with van der Waals surface area (Å²) < 4.78 is 4.72. The van der Waals surface area contributed by atoms with Crippen LogP contribution in [-0.4, -0.2) is 41.0 Å². The lowest BCUT2D eigenvalue weighted by atomic mass is 10.1. The van der Waals surface area contributed by atoms with Crippen molar-refractivity contribution in [3.05, 3.63) is 65.2 Å². The van der Waals surface area contributed by atoms with Gasteiger partial charge in [-0.25, -0.2) is 4.79 Å². The molecule has 1 aliphatic heterocycles. The largest absolute Gasteiger partial charge is 0.465 e. The van der Waals surface area contributed by atoms with Gasteiger partial charge < -0.3 is 15.4 Å². The van der Waals surface area contributed by atoms with Crippen LogP contribution in [-0.2, 0) is 14.3 Å². The van der Waals surface area contributed by atoms with E-state index in [0.717, 1.165) is 22.9 Å². The quantitative estimate of drug-likeness (QED) is 0.409. The van der Waals surface area contributed by atoms with Gasteiger partial charge in [0.1, 0.15) is 5.25 Å². The average Bonchev–Trinajstić information content (AvgIpc) is 3.11. The maximum Gasteiger partial charge on any atom is 0.339 e. The number of methoxy groups -OCH3 is 1. The SMILES string of the molecule is COC(=O)c1ccccc1NC(=O)C[C@@H]1SC(=NN=C(C)c2ccc(C)cc2)NC1=O. The Kier molecular flexibility index (Phi) is 7.19. The van der Waals surface area contributed by atoms with E-state index in [1.165, 1.54) is 7.11 Å². The highest BCUT2D eigenvalue weighted by atomic mass is 32.2. The highest BCUT2D eigenvalue weighted by molar-refractivity contribution is 8.15. The van der Waals surface area contributed by atoms with Gasteiger partial charge in [-0.3, -0.25) is 9.59 Å². The number of anilines is 1. The third kappa shape index (κ3) is 5.79. The van der Waals surface area contributed by atoms with Crippen LogP contribution in [0.3, 0.4) is 0 Å². The van der Waals surface area contributed by atoms with Crippen LogP contribution < -0.4 is 10.6 Å². The summed E-state index contributed by atoms with van der Waals surface area (Å²) in [7, 11) is 1.27. The fourth-order valence-corrected chi connectivity index (χ4v) is 3.73. The van der Waals surface area contributed by atoms with E-state index in [-0.39, 0.29) is 17.9 Å². The lowest BCUT2D eigenvalue weighted by molar-refractivity contribution is -0.122. The average molecular weight is 439 g/mol. The molecule has 0 spiro atoms. The van der Waals surface area contributed by atoms with Gasteiger partial charge in [0.2, 0.25) is 11.8 Å². The summed E-state index contributed by atoms with van der Waals surface area (Å²) in [6.45, 7) is 3.84. The van der Waals surface area contributed by atoms with E-state index < -0.39 is 17.1 Å². The number of esters is 1. The number of nitrogens with one attached hydrogen (secondary N) is 2. The third-order valence-electron chi connectivity index (χ3n) is 4.51. The summed E-state index contributed by atoms with van der Waals surface area (Å²) >= 11 is 1.14. The molecule has 0 aromatic heterocycles. The van der Waals surface area contributed by atoms with Crippen LogP contribution in [0.2, 0.25) is 0 Å². The number of hydrogen-bond donors (Lipinski definition) is 2. The predicted molar refractivity (Wildman–Crippen MR) is 121 cm³/mol. The first-order valence-electron chi connectivity index (χ1n) is 9.51. The molecule has 9 heteroatoms. The lowest BCUT2D eigenvalue weighted by Crippen LogP contribution is -2.28. The van der Waals surface area contributed by atoms with E-state index in [2.05, 4.69) is 20.8 Å². The van der Waals surface area contributed by atoms with E-state index in [1.54, 1.807) is 24.3 Å². The van der Waals surface area contributed by atoms with Gasteiger partial charge in [-0.15, -0.1) is 5.10 Å². The number of benzene rings is 2. The number of amides is 2. The molecule has 0 saturated carbocycles. The summed E-state index contributed by atoms with van der Waals surface area (Å²) in [6.07, 6.45) is -0.0777. The Bertz CT molecular complexity index is 1060. The molecule has 1 atom stereocenters. The van der Waals surface area contributed by atoms with Gasteiger partial charge in [0, 0.05) is 6.42 Å². The Morgan fingerprint density at radius 1 is 1.16 bits per heavy atom. The van der Waals surface area contributed by atoms with Crippen LogP contribution >= 0.6 is 11.8 Å². The number of rotatable bonds is 6. The Morgan fingerprint density at radius 2 is 1.87 bits per heavy atom. The molecule has 3 rings (SSSR count). The Labute approximate surface area is 184 Å². The molecule has 2 amide bonds. The summed E-state index contributed by atoms with van der Waals surface area (Å²) in [5.74, 6) is -1.27. The number of carbonyl (C=O) groups excluding carboxylic acids is 3. The molecule has 2 N–H and O–H groups in total. The van der Waals surface area contributed by atoms with E-state index >= 15 is 0 Å². The number of carbonyl (C=O) groups is 3. The normalized spacial score (nSPS) is 17.4. The molecule has 1 saturated heterocycles. The van der Waals surface area contributed by atoms with Crippen LogP contribution in [0.5, 0.6) is 0 Å². The first-order chi connectivity index (χ1) is 14.9. The zero-order valence-corrected chi connectivity index (χ0v) is 18.2. The molecule has 0 aliphatic carbocycles. The zero-order valence-electron chi connectivity index (χ0n) is 17.3. The van der Waals surface area contributed by atoms with Crippen molar-refractivity contribution < 1.29 is 19.1 Å². The smallest absolute Gasteiger partial charge is 0.339 e. The molecule has 1 heterocycles. The monoisotopic (exact) mass is 438 g/mol. The standard InChI is InChI=1S/C22H22N4O4S/c1-13-8-10-15(11-9-13)14(2)25-26-22-24-20(28)18(31-22)12-19(27)23-17-7-5-4-6-16(17)21(29)30-3/h4-11,18H,12H2,1-3H3,(H,23,27)(H,24,26,28)/t18-/m0/s1. The van der Waals surface area contributed by atoms with E-state index in [9.17, 15) is 14.4 Å². The van der Waals surface area contributed by atoms with Gasteiger partial charge in [0.15, 0.2) is 5.17 Å². The van der Waals surface area contributed by atoms with Gasteiger partial charge in [0.25, 0.3) is 0 Å². The molecule has 0 radical (unpaired) electrons. The summed E-state index contributed by atoms with van der Waals surface area (Å²) in [5.41, 5.74) is 3.37. The van der Waals surface area contributed by atoms with Crippen molar-refractivity contribution in [2.45, 2.75) is 25.5 Å². The Hall–Kier alpha value is -3.46. The lowest BCUT2D eigenvalue weighted by Gasteiger charge is -2.10. The number of amidine groups is 1. The van der Waals surface area contributed by atoms with Crippen molar-refractivity contribution in [1.82, 2.24) is 5.32 Å². The Morgan fingerprint density at radius 3 is 2.58 bits per heavy atom. The molecule has 1 aliphatic rings. The third-order valence-corrected chi connectivity index (χ3v) is 5.59. The van der Waals surface area contributed by atoms with Crippen molar-refractivity contribution >= 4 is 46.1 Å². The van der Waals surface area contributed by atoms with E-state index in [0.29, 0.717) is 16.6 Å². The zero-order chi connectivity index (χ0) is 22.4. The van der Waals surface area contributed by atoms with Crippen LogP contribution in [0.1, 0.15) is 34.8 Å². The number of hydrogen-bond acceptors (Lipinski definition) is 7. The predicted octanol–water partition coefficient (Wildman–Crippen LogP) is 3.12. The van der Waals surface area contributed by atoms with E-state index in [1.807, 2.05) is 38.1 Å². The second-order valence-electron chi connectivity index (χ2n) is 6.84. The second kappa shape index (κ2) is 10.0. The van der Waals surface area contributed by atoms with Gasteiger partial charge in [-0.2, -0.15) is 5.10 Å².